The van der Waals surface area contributed by atoms with Crippen molar-refractivity contribution in [3.05, 3.63) is 21.7 Å². The van der Waals surface area contributed by atoms with Gasteiger partial charge in [0.05, 0.1) is 24.4 Å². The second kappa shape index (κ2) is 5.46. The summed E-state index contributed by atoms with van der Waals surface area (Å²) in [5.74, 6) is 0.716. The van der Waals surface area contributed by atoms with E-state index in [0.29, 0.717) is 21.5 Å². The molecule has 1 rings (SSSR count). The normalized spacial score (nSPS) is 11.4. The first-order valence-electron chi connectivity index (χ1n) is 4.62. The van der Waals surface area contributed by atoms with Gasteiger partial charge in [-0.2, -0.15) is 0 Å². The van der Waals surface area contributed by atoms with Gasteiger partial charge in [0.2, 0.25) is 9.05 Å². The number of benzene rings is 1. The molecule has 0 radical (unpaired) electrons. The van der Waals surface area contributed by atoms with Gasteiger partial charge < -0.3 is 9.47 Å². The van der Waals surface area contributed by atoms with E-state index in [9.17, 15) is 8.42 Å². The third-order valence-electron chi connectivity index (χ3n) is 2.25. The maximum absolute atomic E-state index is 11.1. The van der Waals surface area contributed by atoms with Gasteiger partial charge in [-0.1, -0.05) is 0 Å². The fourth-order valence-electron chi connectivity index (χ4n) is 1.48. The van der Waals surface area contributed by atoms with Crippen LogP contribution in [0.2, 0.25) is 0 Å². The molecule has 0 saturated carbocycles. The quantitative estimate of drug-likeness (QED) is 0.789. The highest BCUT2D eigenvalue weighted by molar-refractivity contribution is 9.10. The van der Waals surface area contributed by atoms with Crippen LogP contribution in [0.1, 0.15) is 11.1 Å². The number of hydrogen-bond donors (Lipinski definition) is 0. The second-order valence-electron chi connectivity index (χ2n) is 3.39. The Balaban J connectivity index is 3.42. The molecule has 0 fully saturated rings. The zero-order chi connectivity index (χ0) is 13.2. The lowest BCUT2D eigenvalue weighted by Crippen LogP contribution is -2.02. The summed E-state index contributed by atoms with van der Waals surface area (Å²) in [6, 6.07) is 1.61. The Bertz CT molecular complexity index is 528. The maximum atomic E-state index is 11.1. The fraction of sp³-hybridized carbons (Fsp3) is 0.400. The smallest absolute Gasteiger partial charge is 0.236 e. The highest BCUT2D eigenvalue weighted by atomic mass is 79.9. The minimum Gasteiger partial charge on any atom is -0.496 e. The van der Waals surface area contributed by atoms with Gasteiger partial charge in [-0.3, -0.25) is 0 Å². The third kappa shape index (κ3) is 3.50. The van der Waals surface area contributed by atoms with Crippen LogP contribution >= 0.6 is 26.6 Å². The van der Waals surface area contributed by atoms with Crippen molar-refractivity contribution in [3.8, 4) is 11.5 Å². The zero-order valence-electron chi connectivity index (χ0n) is 9.58. The van der Waals surface area contributed by atoms with Crippen LogP contribution < -0.4 is 9.47 Å². The van der Waals surface area contributed by atoms with Crippen molar-refractivity contribution in [2.45, 2.75) is 12.7 Å². The standard InChI is InChI=1S/C10H12BrClO4S/c1-6-8(15-2)4-7(5-17(12,13)14)10(16-3)9(6)11/h4H,5H2,1-3H3. The van der Waals surface area contributed by atoms with Gasteiger partial charge in [-0.05, 0) is 28.9 Å². The maximum Gasteiger partial charge on any atom is 0.236 e. The third-order valence-corrected chi connectivity index (χ3v) is 4.19. The molecule has 17 heavy (non-hydrogen) atoms. The van der Waals surface area contributed by atoms with Gasteiger partial charge in [-0.25, -0.2) is 8.42 Å². The molecular formula is C10H12BrClO4S. The Labute approximate surface area is 113 Å². The van der Waals surface area contributed by atoms with Crippen LogP contribution in [0.5, 0.6) is 11.5 Å². The number of rotatable bonds is 4. The van der Waals surface area contributed by atoms with E-state index in [4.69, 9.17) is 20.2 Å². The molecule has 0 aliphatic carbocycles. The van der Waals surface area contributed by atoms with Gasteiger partial charge in [-0.15, -0.1) is 0 Å². The van der Waals surface area contributed by atoms with Gasteiger partial charge >= 0.3 is 0 Å². The first kappa shape index (κ1) is 14.6. The van der Waals surface area contributed by atoms with E-state index in [2.05, 4.69) is 15.9 Å². The number of halogens is 2. The van der Waals surface area contributed by atoms with Gasteiger partial charge in [0.1, 0.15) is 11.5 Å². The summed E-state index contributed by atoms with van der Waals surface area (Å²) in [5, 5.41) is 0. The van der Waals surface area contributed by atoms with Crippen LogP contribution in [0.25, 0.3) is 0 Å². The van der Waals surface area contributed by atoms with Crippen LogP contribution in [-0.2, 0) is 14.8 Å². The first-order valence-corrected chi connectivity index (χ1v) is 7.89. The minimum absolute atomic E-state index is 0.313. The predicted octanol–water partition coefficient (Wildman–Crippen LogP) is 2.84. The van der Waals surface area contributed by atoms with Crippen molar-refractivity contribution < 1.29 is 17.9 Å². The average molecular weight is 344 g/mol. The molecule has 96 valence electrons. The van der Waals surface area contributed by atoms with E-state index >= 15 is 0 Å². The lowest BCUT2D eigenvalue weighted by molar-refractivity contribution is 0.395. The Morgan fingerprint density at radius 1 is 1.35 bits per heavy atom. The average Bonchev–Trinajstić information content (AvgIpc) is 2.21. The summed E-state index contributed by atoms with van der Waals surface area (Å²) in [7, 11) is 4.58. The van der Waals surface area contributed by atoms with E-state index in [-0.39, 0.29) is 5.75 Å². The van der Waals surface area contributed by atoms with Crippen LogP contribution in [0.3, 0.4) is 0 Å². The topological polar surface area (TPSA) is 52.6 Å². The molecule has 0 bridgehead atoms. The fourth-order valence-corrected chi connectivity index (χ4v) is 3.03. The Kier molecular flexibility index (Phi) is 4.69. The molecule has 0 atom stereocenters. The molecule has 0 unspecified atom stereocenters. The van der Waals surface area contributed by atoms with Gasteiger partial charge in [0.15, 0.2) is 0 Å². The summed E-state index contributed by atoms with van der Waals surface area (Å²) in [6.07, 6.45) is 0. The number of ether oxygens (including phenoxy) is 2. The molecule has 0 aliphatic heterocycles. The Morgan fingerprint density at radius 3 is 2.35 bits per heavy atom. The molecule has 4 nitrogen and oxygen atoms in total. The van der Waals surface area contributed by atoms with Gasteiger partial charge in [0, 0.05) is 21.8 Å². The summed E-state index contributed by atoms with van der Waals surface area (Å²) < 4.78 is 33.2. The highest BCUT2D eigenvalue weighted by Crippen LogP contribution is 2.38. The van der Waals surface area contributed by atoms with Gasteiger partial charge in [0.25, 0.3) is 0 Å². The van der Waals surface area contributed by atoms with Crippen LogP contribution in [0.15, 0.2) is 10.5 Å². The van der Waals surface area contributed by atoms with Crippen molar-refractivity contribution in [2.75, 3.05) is 14.2 Å². The SMILES string of the molecule is COc1cc(CS(=O)(=O)Cl)c(OC)c(Br)c1C. The zero-order valence-corrected chi connectivity index (χ0v) is 12.7. The lowest BCUT2D eigenvalue weighted by Gasteiger charge is -2.14. The molecule has 1 aromatic carbocycles. The highest BCUT2D eigenvalue weighted by Gasteiger charge is 2.19. The first-order chi connectivity index (χ1) is 7.80. The van der Waals surface area contributed by atoms with E-state index in [1.54, 1.807) is 6.07 Å². The Morgan fingerprint density at radius 2 is 1.94 bits per heavy atom. The molecule has 0 spiro atoms. The molecule has 7 heteroatoms. The van der Waals surface area contributed by atoms with E-state index < -0.39 is 9.05 Å². The number of hydrogen-bond acceptors (Lipinski definition) is 4. The van der Waals surface area contributed by atoms with Crippen LogP contribution in [0.4, 0.5) is 0 Å². The van der Waals surface area contributed by atoms with Crippen LogP contribution in [0, 0.1) is 6.92 Å². The monoisotopic (exact) mass is 342 g/mol. The van der Waals surface area contributed by atoms with Crippen molar-refractivity contribution in [2.24, 2.45) is 0 Å². The lowest BCUT2D eigenvalue weighted by atomic mass is 10.1. The molecule has 1 aromatic rings. The molecule has 0 heterocycles. The molecule has 0 saturated heterocycles. The molecule has 0 aromatic heterocycles. The Hall–Kier alpha value is -0.460. The molecular weight excluding hydrogens is 332 g/mol. The molecule has 0 N–H and O–H groups in total. The summed E-state index contributed by atoms with van der Waals surface area (Å²) in [6.45, 7) is 1.84. The summed E-state index contributed by atoms with van der Waals surface area (Å²) in [4.78, 5) is 0. The summed E-state index contributed by atoms with van der Waals surface area (Å²) >= 11 is 3.35. The van der Waals surface area contributed by atoms with E-state index in [0.717, 1.165) is 5.56 Å². The van der Waals surface area contributed by atoms with E-state index in [1.165, 1.54) is 14.2 Å². The van der Waals surface area contributed by atoms with Crippen LogP contribution in [-0.4, -0.2) is 22.6 Å². The van der Waals surface area contributed by atoms with Crippen molar-refractivity contribution in [1.82, 2.24) is 0 Å². The minimum atomic E-state index is -3.65. The largest absolute Gasteiger partial charge is 0.496 e. The van der Waals surface area contributed by atoms with Crippen molar-refractivity contribution in [1.29, 1.82) is 0 Å². The van der Waals surface area contributed by atoms with Crippen molar-refractivity contribution >= 4 is 35.7 Å². The second-order valence-corrected chi connectivity index (χ2v) is 6.96. The predicted molar refractivity (Wildman–Crippen MR) is 70.5 cm³/mol. The number of methoxy groups -OCH3 is 2. The molecule has 0 amide bonds. The van der Waals surface area contributed by atoms with Crippen molar-refractivity contribution in [3.63, 3.8) is 0 Å². The van der Waals surface area contributed by atoms with E-state index in [1.807, 2.05) is 6.92 Å². The molecule has 0 aliphatic rings. The summed E-state index contributed by atoms with van der Waals surface area (Å²) in [5.41, 5.74) is 1.29.